The minimum atomic E-state index is -0.0445. The molecule has 3 aromatic rings. The molecule has 0 radical (unpaired) electrons. The standard InChI is InChI=1S/C21H18N2O/c1-23(2)20-12-11-14(15-7-3-4-9-17(15)20)13-18-16-8-5-6-10-19(16)22-21(18)24/h3-13H,1-2H3,(H,22,24)/b18-13-. The van der Waals surface area contributed by atoms with Crippen LogP contribution in [0.3, 0.4) is 0 Å². The van der Waals surface area contributed by atoms with Crippen molar-refractivity contribution in [2.75, 3.05) is 24.3 Å². The highest BCUT2D eigenvalue weighted by Gasteiger charge is 2.23. The summed E-state index contributed by atoms with van der Waals surface area (Å²) in [7, 11) is 4.08. The summed E-state index contributed by atoms with van der Waals surface area (Å²) in [5, 5.41) is 5.26. The number of carbonyl (C=O) groups is 1. The Bertz CT molecular complexity index is 986. The number of amides is 1. The first-order valence-electron chi connectivity index (χ1n) is 7.96. The van der Waals surface area contributed by atoms with Gasteiger partial charge >= 0.3 is 0 Å². The number of fused-ring (bicyclic) bond motifs is 2. The molecule has 0 saturated heterocycles. The molecule has 3 nitrogen and oxygen atoms in total. The van der Waals surface area contributed by atoms with Crippen molar-refractivity contribution in [2.45, 2.75) is 0 Å². The Kier molecular flexibility index (Phi) is 3.35. The zero-order chi connectivity index (χ0) is 16.7. The summed E-state index contributed by atoms with van der Waals surface area (Å²) in [6, 6.07) is 20.3. The van der Waals surface area contributed by atoms with Crippen LogP contribution in [0.1, 0.15) is 11.1 Å². The maximum atomic E-state index is 12.4. The van der Waals surface area contributed by atoms with Crippen molar-refractivity contribution in [2.24, 2.45) is 0 Å². The van der Waals surface area contributed by atoms with E-state index in [9.17, 15) is 4.79 Å². The number of carbonyl (C=O) groups excluding carboxylic acids is 1. The Labute approximate surface area is 141 Å². The van der Waals surface area contributed by atoms with E-state index in [1.165, 1.54) is 11.1 Å². The lowest BCUT2D eigenvalue weighted by molar-refractivity contribution is -0.110. The summed E-state index contributed by atoms with van der Waals surface area (Å²) in [5.41, 5.74) is 4.78. The topological polar surface area (TPSA) is 32.3 Å². The number of rotatable bonds is 2. The average Bonchev–Trinajstić information content (AvgIpc) is 2.90. The number of anilines is 2. The first kappa shape index (κ1) is 14.5. The van der Waals surface area contributed by atoms with Crippen LogP contribution in [0.5, 0.6) is 0 Å². The van der Waals surface area contributed by atoms with Gasteiger partial charge in [0.1, 0.15) is 0 Å². The lowest BCUT2D eigenvalue weighted by atomic mass is 9.98. The van der Waals surface area contributed by atoms with Gasteiger partial charge in [-0.1, -0.05) is 48.5 Å². The van der Waals surface area contributed by atoms with Gasteiger partial charge in [-0.15, -0.1) is 0 Å². The van der Waals surface area contributed by atoms with Gasteiger partial charge in [0.25, 0.3) is 5.91 Å². The van der Waals surface area contributed by atoms with Crippen LogP contribution in [0.2, 0.25) is 0 Å². The van der Waals surface area contributed by atoms with E-state index in [1.54, 1.807) is 0 Å². The van der Waals surface area contributed by atoms with Crippen LogP contribution in [0.4, 0.5) is 11.4 Å². The van der Waals surface area contributed by atoms with E-state index in [2.05, 4.69) is 34.5 Å². The molecule has 1 heterocycles. The molecule has 1 aliphatic heterocycles. The van der Waals surface area contributed by atoms with E-state index >= 15 is 0 Å². The Balaban J connectivity index is 1.93. The van der Waals surface area contributed by atoms with Gasteiger partial charge in [-0.2, -0.15) is 0 Å². The van der Waals surface area contributed by atoms with Crippen LogP contribution in [0.15, 0.2) is 60.7 Å². The molecule has 0 spiro atoms. The van der Waals surface area contributed by atoms with Crippen LogP contribution in [-0.4, -0.2) is 20.0 Å². The number of nitrogens with one attached hydrogen (secondary N) is 1. The Morgan fingerprint density at radius 1 is 0.875 bits per heavy atom. The molecule has 0 aromatic heterocycles. The maximum absolute atomic E-state index is 12.4. The summed E-state index contributed by atoms with van der Waals surface area (Å²) in [4.78, 5) is 14.5. The molecule has 0 aliphatic carbocycles. The van der Waals surface area contributed by atoms with Crippen molar-refractivity contribution < 1.29 is 4.79 Å². The lowest BCUT2D eigenvalue weighted by Gasteiger charge is -2.16. The second-order valence-corrected chi connectivity index (χ2v) is 6.17. The minimum Gasteiger partial charge on any atom is -0.377 e. The highest BCUT2D eigenvalue weighted by atomic mass is 16.2. The predicted octanol–water partition coefficient (Wildman–Crippen LogP) is 4.40. The van der Waals surface area contributed by atoms with E-state index in [0.29, 0.717) is 5.57 Å². The summed E-state index contributed by atoms with van der Waals surface area (Å²) >= 11 is 0. The molecular formula is C21H18N2O. The highest BCUT2D eigenvalue weighted by molar-refractivity contribution is 6.35. The third kappa shape index (κ3) is 2.26. The molecule has 4 rings (SSSR count). The van der Waals surface area contributed by atoms with E-state index in [-0.39, 0.29) is 5.91 Å². The molecule has 3 aromatic carbocycles. The van der Waals surface area contributed by atoms with Crippen molar-refractivity contribution in [3.63, 3.8) is 0 Å². The van der Waals surface area contributed by atoms with E-state index < -0.39 is 0 Å². The zero-order valence-corrected chi connectivity index (χ0v) is 13.7. The van der Waals surface area contributed by atoms with Crippen molar-refractivity contribution in [3.8, 4) is 0 Å². The van der Waals surface area contributed by atoms with Crippen LogP contribution in [-0.2, 0) is 4.79 Å². The molecule has 118 valence electrons. The molecule has 1 aliphatic rings. The van der Waals surface area contributed by atoms with Crippen LogP contribution < -0.4 is 10.2 Å². The SMILES string of the molecule is CN(C)c1ccc(/C=C2\C(=O)Nc3ccccc32)c2ccccc12. The second kappa shape index (κ2) is 5.53. The second-order valence-electron chi connectivity index (χ2n) is 6.17. The fourth-order valence-corrected chi connectivity index (χ4v) is 3.26. The number of benzene rings is 3. The van der Waals surface area contributed by atoms with Gasteiger partial charge < -0.3 is 10.2 Å². The minimum absolute atomic E-state index is 0.0445. The molecule has 0 unspecified atom stereocenters. The van der Waals surface area contributed by atoms with Gasteiger partial charge in [0, 0.05) is 42.0 Å². The average molecular weight is 314 g/mol. The fourth-order valence-electron chi connectivity index (χ4n) is 3.26. The monoisotopic (exact) mass is 314 g/mol. The summed E-state index contributed by atoms with van der Waals surface area (Å²) in [6.45, 7) is 0. The van der Waals surface area contributed by atoms with Gasteiger partial charge in [-0.3, -0.25) is 4.79 Å². The van der Waals surface area contributed by atoms with Gasteiger partial charge in [-0.25, -0.2) is 0 Å². The summed E-state index contributed by atoms with van der Waals surface area (Å²) in [5.74, 6) is -0.0445. The predicted molar refractivity (Wildman–Crippen MR) is 101 cm³/mol. The van der Waals surface area contributed by atoms with Crippen molar-refractivity contribution in [3.05, 3.63) is 71.8 Å². The van der Waals surface area contributed by atoms with Gasteiger partial charge in [-0.05, 0) is 29.2 Å². The van der Waals surface area contributed by atoms with E-state index in [0.717, 1.165) is 22.2 Å². The smallest absolute Gasteiger partial charge is 0.256 e. The van der Waals surface area contributed by atoms with Crippen molar-refractivity contribution >= 4 is 39.7 Å². The molecule has 1 N–H and O–H groups in total. The number of para-hydroxylation sites is 1. The Hall–Kier alpha value is -3.07. The molecule has 0 atom stereocenters. The maximum Gasteiger partial charge on any atom is 0.256 e. The van der Waals surface area contributed by atoms with Crippen LogP contribution in [0, 0.1) is 0 Å². The molecule has 0 saturated carbocycles. The lowest BCUT2D eigenvalue weighted by Crippen LogP contribution is -2.09. The quantitative estimate of drug-likeness (QED) is 0.711. The first-order chi connectivity index (χ1) is 11.6. The molecular weight excluding hydrogens is 296 g/mol. The Morgan fingerprint density at radius 2 is 1.58 bits per heavy atom. The number of hydrogen-bond donors (Lipinski definition) is 1. The van der Waals surface area contributed by atoms with E-state index in [1.807, 2.05) is 56.6 Å². The zero-order valence-electron chi connectivity index (χ0n) is 13.7. The summed E-state index contributed by atoms with van der Waals surface area (Å²) < 4.78 is 0. The number of hydrogen-bond acceptors (Lipinski definition) is 2. The largest absolute Gasteiger partial charge is 0.377 e. The molecule has 0 fully saturated rings. The number of nitrogens with zero attached hydrogens (tertiary/aromatic N) is 1. The normalized spacial score (nSPS) is 14.8. The molecule has 3 heteroatoms. The van der Waals surface area contributed by atoms with Gasteiger partial charge in [0.15, 0.2) is 0 Å². The third-order valence-electron chi connectivity index (χ3n) is 4.43. The van der Waals surface area contributed by atoms with Crippen LogP contribution in [0.25, 0.3) is 22.4 Å². The van der Waals surface area contributed by atoms with Crippen LogP contribution >= 0.6 is 0 Å². The van der Waals surface area contributed by atoms with Gasteiger partial charge in [0.05, 0.1) is 0 Å². The third-order valence-corrected chi connectivity index (χ3v) is 4.43. The molecule has 0 bridgehead atoms. The Morgan fingerprint density at radius 3 is 2.38 bits per heavy atom. The van der Waals surface area contributed by atoms with Crippen molar-refractivity contribution in [1.82, 2.24) is 0 Å². The highest BCUT2D eigenvalue weighted by Crippen LogP contribution is 2.35. The van der Waals surface area contributed by atoms with Crippen molar-refractivity contribution in [1.29, 1.82) is 0 Å². The van der Waals surface area contributed by atoms with Gasteiger partial charge in [0.2, 0.25) is 0 Å². The first-order valence-corrected chi connectivity index (χ1v) is 7.96. The summed E-state index contributed by atoms with van der Waals surface area (Å²) in [6.07, 6.45) is 1.99. The molecule has 24 heavy (non-hydrogen) atoms. The van der Waals surface area contributed by atoms with E-state index in [4.69, 9.17) is 0 Å². The fraction of sp³-hybridized carbons (Fsp3) is 0.0952. The molecule has 1 amide bonds.